The van der Waals surface area contributed by atoms with Crippen molar-refractivity contribution in [3.05, 3.63) is 63.7 Å². The number of H-pyrrole nitrogens is 1. The minimum Gasteiger partial charge on any atom is -0.366 e. The number of amides is 1. The molecule has 3 heterocycles. The number of piperazine rings is 1. The Morgan fingerprint density at radius 2 is 1.81 bits per heavy atom. The molecule has 2 aromatic heterocycles. The van der Waals surface area contributed by atoms with Gasteiger partial charge in [0, 0.05) is 57.0 Å². The first-order valence-electron chi connectivity index (χ1n) is 10.6. The number of carbonyl (C=O) groups excluding carboxylic acids is 1. The van der Waals surface area contributed by atoms with Gasteiger partial charge in [-0.25, -0.2) is 5.10 Å². The Labute approximate surface area is 181 Å². The maximum Gasteiger partial charge on any atom is 0.266 e. The number of aromatic nitrogens is 4. The second-order valence-corrected chi connectivity index (χ2v) is 7.97. The Morgan fingerprint density at radius 1 is 1.10 bits per heavy atom. The van der Waals surface area contributed by atoms with Crippen LogP contribution in [0.5, 0.6) is 0 Å². The van der Waals surface area contributed by atoms with Gasteiger partial charge in [0.05, 0.1) is 11.4 Å². The maximum absolute atomic E-state index is 12.8. The SMILES string of the molecule is Cc1nn(C)c(C)c1CCC(=O)N1CCN(c2cc(=O)[nH]nc2-c2ccccc2)CC1. The maximum atomic E-state index is 12.8. The average molecular weight is 421 g/mol. The molecule has 1 aliphatic rings. The third kappa shape index (κ3) is 4.38. The summed E-state index contributed by atoms with van der Waals surface area (Å²) in [5.74, 6) is 0.162. The summed E-state index contributed by atoms with van der Waals surface area (Å²) >= 11 is 0. The molecule has 0 aliphatic carbocycles. The minimum absolute atomic E-state index is 0.162. The van der Waals surface area contributed by atoms with Gasteiger partial charge in [-0.1, -0.05) is 30.3 Å². The van der Waals surface area contributed by atoms with Gasteiger partial charge in [0.1, 0.15) is 5.69 Å². The van der Waals surface area contributed by atoms with Crippen LogP contribution in [0.25, 0.3) is 11.3 Å². The van der Waals surface area contributed by atoms with Gasteiger partial charge in [0.2, 0.25) is 5.91 Å². The van der Waals surface area contributed by atoms with Crippen LogP contribution >= 0.6 is 0 Å². The van der Waals surface area contributed by atoms with Crippen LogP contribution < -0.4 is 10.5 Å². The molecule has 0 unspecified atom stereocenters. The number of anilines is 1. The number of nitrogens with one attached hydrogen (secondary N) is 1. The first kappa shape index (κ1) is 20.8. The normalized spacial score (nSPS) is 14.2. The zero-order valence-electron chi connectivity index (χ0n) is 18.3. The predicted molar refractivity (Wildman–Crippen MR) is 120 cm³/mol. The van der Waals surface area contributed by atoms with Gasteiger partial charge in [-0.3, -0.25) is 14.3 Å². The van der Waals surface area contributed by atoms with Gasteiger partial charge in [-0.2, -0.15) is 10.2 Å². The fourth-order valence-corrected chi connectivity index (χ4v) is 4.21. The number of nitrogens with zero attached hydrogens (tertiary/aromatic N) is 5. The van der Waals surface area contributed by atoms with E-state index in [9.17, 15) is 9.59 Å². The van der Waals surface area contributed by atoms with Gasteiger partial charge in [0.25, 0.3) is 5.56 Å². The quantitative estimate of drug-likeness (QED) is 0.683. The van der Waals surface area contributed by atoms with Crippen molar-refractivity contribution in [3.63, 3.8) is 0 Å². The van der Waals surface area contributed by atoms with Crippen molar-refractivity contribution in [1.29, 1.82) is 0 Å². The van der Waals surface area contributed by atoms with Crippen molar-refractivity contribution in [2.45, 2.75) is 26.7 Å². The zero-order chi connectivity index (χ0) is 22.0. The molecule has 1 fully saturated rings. The van der Waals surface area contributed by atoms with E-state index < -0.39 is 0 Å². The van der Waals surface area contributed by atoms with Crippen LogP contribution in [0.3, 0.4) is 0 Å². The molecule has 0 saturated carbocycles. The Kier molecular flexibility index (Phi) is 5.88. The van der Waals surface area contributed by atoms with Crippen molar-refractivity contribution in [2.24, 2.45) is 7.05 Å². The van der Waals surface area contributed by atoms with Crippen LogP contribution in [-0.4, -0.2) is 57.0 Å². The fourth-order valence-electron chi connectivity index (χ4n) is 4.21. The number of hydrogen-bond acceptors (Lipinski definition) is 5. The number of rotatable bonds is 5. The Hall–Kier alpha value is -3.42. The highest BCUT2D eigenvalue weighted by atomic mass is 16.2. The van der Waals surface area contributed by atoms with Crippen molar-refractivity contribution in [1.82, 2.24) is 24.9 Å². The second-order valence-electron chi connectivity index (χ2n) is 7.97. The highest BCUT2D eigenvalue weighted by Gasteiger charge is 2.24. The lowest BCUT2D eigenvalue weighted by atomic mass is 10.1. The molecule has 162 valence electrons. The van der Waals surface area contributed by atoms with Crippen LogP contribution in [0, 0.1) is 13.8 Å². The van der Waals surface area contributed by atoms with Crippen molar-refractivity contribution < 1.29 is 4.79 Å². The first-order valence-corrected chi connectivity index (χ1v) is 10.6. The van der Waals surface area contributed by atoms with Crippen LogP contribution in [0.2, 0.25) is 0 Å². The molecule has 0 bridgehead atoms. The summed E-state index contributed by atoms with van der Waals surface area (Å²) < 4.78 is 1.87. The third-order valence-electron chi connectivity index (χ3n) is 6.06. The van der Waals surface area contributed by atoms with E-state index in [1.807, 2.05) is 60.8 Å². The van der Waals surface area contributed by atoms with Gasteiger partial charge in [-0.05, 0) is 25.8 Å². The highest BCUT2D eigenvalue weighted by Crippen LogP contribution is 2.27. The molecule has 1 aliphatic heterocycles. The number of aromatic amines is 1. The van der Waals surface area contributed by atoms with Crippen LogP contribution in [-0.2, 0) is 18.3 Å². The number of benzene rings is 1. The van der Waals surface area contributed by atoms with E-state index in [0.717, 1.165) is 33.9 Å². The molecule has 0 spiro atoms. The highest BCUT2D eigenvalue weighted by molar-refractivity contribution is 5.78. The lowest BCUT2D eigenvalue weighted by Crippen LogP contribution is -2.49. The summed E-state index contributed by atoms with van der Waals surface area (Å²) in [5.41, 5.74) is 5.56. The lowest BCUT2D eigenvalue weighted by molar-refractivity contribution is -0.131. The van der Waals surface area contributed by atoms with E-state index in [1.54, 1.807) is 6.07 Å². The number of hydrogen-bond donors (Lipinski definition) is 1. The molecular formula is C23H28N6O2. The second kappa shape index (κ2) is 8.75. The van der Waals surface area contributed by atoms with Gasteiger partial charge < -0.3 is 9.80 Å². The average Bonchev–Trinajstić information content (AvgIpc) is 3.03. The van der Waals surface area contributed by atoms with Gasteiger partial charge in [-0.15, -0.1) is 0 Å². The van der Waals surface area contributed by atoms with Gasteiger partial charge >= 0.3 is 0 Å². The minimum atomic E-state index is -0.226. The van der Waals surface area contributed by atoms with E-state index in [1.165, 1.54) is 0 Å². The molecule has 31 heavy (non-hydrogen) atoms. The first-order chi connectivity index (χ1) is 14.9. The lowest BCUT2D eigenvalue weighted by Gasteiger charge is -2.36. The molecule has 1 amide bonds. The topological polar surface area (TPSA) is 87.1 Å². The monoisotopic (exact) mass is 420 g/mol. The smallest absolute Gasteiger partial charge is 0.266 e. The molecule has 1 aromatic carbocycles. The van der Waals surface area contributed by atoms with E-state index in [4.69, 9.17) is 0 Å². The van der Waals surface area contributed by atoms with E-state index >= 15 is 0 Å². The van der Waals surface area contributed by atoms with E-state index in [0.29, 0.717) is 39.0 Å². The summed E-state index contributed by atoms with van der Waals surface area (Å²) in [4.78, 5) is 28.8. The Balaban J connectivity index is 1.42. The largest absolute Gasteiger partial charge is 0.366 e. The molecule has 8 heteroatoms. The molecule has 4 rings (SSSR count). The Morgan fingerprint density at radius 3 is 2.45 bits per heavy atom. The van der Waals surface area contributed by atoms with Crippen LogP contribution in [0.1, 0.15) is 23.4 Å². The van der Waals surface area contributed by atoms with Crippen LogP contribution in [0.15, 0.2) is 41.2 Å². The van der Waals surface area contributed by atoms with Crippen molar-refractivity contribution in [2.75, 3.05) is 31.1 Å². The standard InChI is InChI=1S/C23H28N6O2/c1-16-19(17(2)27(3)26-16)9-10-22(31)29-13-11-28(12-14-29)20-15-21(30)24-25-23(20)18-7-5-4-6-8-18/h4-8,15H,9-14H2,1-3H3,(H,24,30). The number of aryl methyl sites for hydroxylation is 2. The van der Waals surface area contributed by atoms with Gasteiger partial charge in [0.15, 0.2) is 0 Å². The summed E-state index contributed by atoms with van der Waals surface area (Å²) in [6.45, 7) is 6.63. The zero-order valence-corrected chi connectivity index (χ0v) is 18.3. The summed E-state index contributed by atoms with van der Waals surface area (Å²) in [7, 11) is 1.93. The summed E-state index contributed by atoms with van der Waals surface area (Å²) in [6, 6.07) is 11.4. The molecule has 0 radical (unpaired) electrons. The fraction of sp³-hybridized carbons (Fsp3) is 0.391. The summed E-state index contributed by atoms with van der Waals surface area (Å²) in [6.07, 6.45) is 1.19. The molecular weight excluding hydrogens is 392 g/mol. The predicted octanol–water partition coefficient (Wildman–Crippen LogP) is 2.07. The summed E-state index contributed by atoms with van der Waals surface area (Å²) in [5, 5.41) is 11.3. The van der Waals surface area contributed by atoms with Crippen molar-refractivity contribution >= 4 is 11.6 Å². The Bertz CT molecular complexity index is 1130. The van der Waals surface area contributed by atoms with Crippen molar-refractivity contribution in [3.8, 4) is 11.3 Å². The molecule has 1 saturated heterocycles. The molecule has 0 atom stereocenters. The van der Waals surface area contributed by atoms with E-state index in [-0.39, 0.29) is 11.5 Å². The third-order valence-corrected chi connectivity index (χ3v) is 6.06. The molecule has 8 nitrogen and oxygen atoms in total. The number of carbonyl (C=O) groups is 1. The molecule has 3 aromatic rings. The van der Waals surface area contributed by atoms with E-state index in [2.05, 4.69) is 20.2 Å². The van der Waals surface area contributed by atoms with Crippen LogP contribution in [0.4, 0.5) is 5.69 Å². The molecule has 1 N–H and O–H groups in total.